The van der Waals surface area contributed by atoms with Crippen LogP contribution in [0, 0.1) is 0 Å². The van der Waals surface area contributed by atoms with Crippen molar-refractivity contribution in [1.29, 1.82) is 0 Å². The first kappa shape index (κ1) is 20.8. The predicted molar refractivity (Wildman–Crippen MR) is 109 cm³/mol. The minimum Gasteiger partial charge on any atom is -0.493 e. The van der Waals surface area contributed by atoms with Gasteiger partial charge in [0, 0.05) is 24.6 Å². The Morgan fingerprint density at radius 1 is 1.61 bits per heavy atom. The van der Waals surface area contributed by atoms with E-state index in [9.17, 15) is 5.11 Å². The highest BCUT2D eigenvalue weighted by Crippen LogP contribution is 2.33. The fourth-order valence-corrected chi connectivity index (χ4v) is 3.73. The Hall–Kier alpha value is -1.96. The molecule has 0 amide bonds. The van der Waals surface area contributed by atoms with Gasteiger partial charge in [-0.25, -0.2) is 10.0 Å². The molecule has 0 saturated carbocycles. The molecule has 1 N–H and O–H groups in total. The van der Waals surface area contributed by atoms with E-state index in [-0.39, 0.29) is 23.4 Å². The number of pyridine rings is 1. The van der Waals surface area contributed by atoms with Crippen LogP contribution in [0.4, 0.5) is 0 Å². The van der Waals surface area contributed by atoms with Crippen molar-refractivity contribution in [2.75, 3.05) is 39.9 Å². The van der Waals surface area contributed by atoms with Gasteiger partial charge >= 0.3 is 0 Å². The molecule has 154 valence electrons. The van der Waals surface area contributed by atoms with Gasteiger partial charge in [0.1, 0.15) is 5.84 Å². The largest absolute Gasteiger partial charge is 0.493 e. The quantitative estimate of drug-likeness (QED) is 0.319. The second kappa shape index (κ2) is 9.03. The number of nitrogens with zero attached hydrogens (tertiary/aromatic N) is 4. The summed E-state index contributed by atoms with van der Waals surface area (Å²) in [5.74, 6) is 0.962. The smallest absolute Gasteiger partial charge is 0.210 e. The second-order valence-corrected chi connectivity index (χ2v) is 7.95. The Bertz CT molecular complexity index is 707. The van der Waals surface area contributed by atoms with Crippen LogP contribution in [0.3, 0.4) is 0 Å². The summed E-state index contributed by atoms with van der Waals surface area (Å²) in [5, 5.41) is 11.6. The lowest BCUT2D eigenvalue weighted by atomic mass is 9.85. The van der Waals surface area contributed by atoms with E-state index in [1.807, 2.05) is 30.2 Å². The molecule has 28 heavy (non-hydrogen) atoms. The van der Waals surface area contributed by atoms with Crippen LogP contribution in [0.5, 0.6) is 5.88 Å². The third-order valence-corrected chi connectivity index (χ3v) is 5.64. The number of ether oxygens (including phenoxy) is 1. The lowest BCUT2D eigenvalue weighted by Gasteiger charge is -2.34. The van der Waals surface area contributed by atoms with Crippen molar-refractivity contribution < 1.29 is 14.7 Å². The predicted octanol–water partition coefficient (Wildman–Crippen LogP) is 2.38. The molecule has 7 heteroatoms. The van der Waals surface area contributed by atoms with Crippen LogP contribution in [0.15, 0.2) is 35.8 Å². The van der Waals surface area contributed by atoms with Crippen LogP contribution in [0.1, 0.15) is 32.4 Å². The van der Waals surface area contributed by atoms with Crippen molar-refractivity contribution in [3.05, 3.63) is 36.5 Å². The second-order valence-electron chi connectivity index (χ2n) is 7.95. The fourth-order valence-electron chi connectivity index (χ4n) is 3.73. The van der Waals surface area contributed by atoms with E-state index in [4.69, 9.17) is 14.6 Å². The minimum absolute atomic E-state index is 0.0108. The molecule has 0 aliphatic carbocycles. The topological polar surface area (TPSA) is 70.4 Å². The van der Waals surface area contributed by atoms with Gasteiger partial charge in [0.2, 0.25) is 5.88 Å². The molecule has 2 fully saturated rings. The average Bonchev–Trinajstić information content (AvgIpc) is 3.02. The van der Waals surface area contributed by atoms with Crippen molar-refractivity contribution in [3.63, 3.8) is 0 Å². The van der Waals surface area contributed by atoms with E-state index in [1.54, 1.807) is 13.2 Å². The van der Waals surface area contributed by atoms with Crippen molar-refractivity contribution in [2.45, 2.75) is 44.2 Å². The summed E-state index contributed by atoms with van der Waals surface area (Å²) in [5.41, 5.74) is 0.836. The molecule has 2 saturated heterocycles. The summed E-state index contributed by atoms with van der Waals surface area (Å²) in [6, 6.07) is 5.47. The van der Waals surface area contributed by atoms with Crippen LogP contribution in [0.2, 0.25) is 0 Å². The first-order chi connectivity index (χ1) is 13.4. The van der Waals surface area contributed by atoms with Gasteiger partial charge in [-0.3, -0.25) is 14.7 Å². The monoisotopic (exact) mass is 388 g/mol. The molecule has 1 aromatic heterocycles. The highest BCUT2D eigenvalue weighted by Gasteiger charge is 2.37. The Balaban J connectivity index is 1.71. The van der Waals surface area contributed by atoms with E-state index >= 15 is 0 Å². The fraction of sp³-hybridized carbons (Fsp3) is 0.619. The maximum Gasteiger partial charge on any atom is 0.210 e. The van der Waals surface area contributed by atoms with E-state index in [0.717, 1.165) is 44.1 Å². The molecule has 2 aliphatic rings. The summed E-state index contributed by atoms with van der Waals surface area (Å²) in [6.45, 7) is 12.0. The molecule has 2 unspecified atom stereocenters. The summed E-state index contributed by atoms with van der Waals surface area (Å²) in [4.78, 5) is 17.2. The van der Waals surface area contributed by atoms with Crippen molar-refractivity contribution in [1.82, 2.24) is 14.9 Å². The Labute approximate surface area is 167 Å². The minimum atomic E-state index is -0.0944. The van der Waals surface area contributed by atoms with Gasteiger partial charge in [-0.15, -0.1) is 6.58 Å². The van der Waals surface area contributed by atoms with Gasteiger partial charge in [0.05, 0.1) is 38.0 Å². The normalized spacial score (nSPS) is 26.7. The average molecular weight is 389 g/mol. The van der Waals surface area contributed by atoms with E-state index < -0.39 is 0 Å². The molecule has 0 radical (unpaired) electrons. The standard InChI is InChI=1S/C21H32N4O3/c1-5-16(2)22-19(25(27-4)13-17-9-12-28-17)14-24-11-10-21(3,15-24)18-7-6-8-20(26)23-18/h5-8,16-17H,1,9-15H2,2-4H3,(H,23,26)/b22-19-/t16?,17-,21?/m0/s1. The zero-order valence-electron chi connectivity index (χ0n) is 17.2. The number of aromatic hydroxyl groups is 1. The van der Waals surface area contributed by atoms with Gasteiger partial charge in [-0.05, 0) is 32.4 Å². The number of hydrogen-bond donors (Lipinski definition) is 1. The Kier molecular flexibility index (Phi) is 6.69. The zero-order valence-corrected chi connectivity index (χ0v) is 17.2. The first-order valence-corrected chi connectivity index (χ1v) is 9.95. The molecule has 2 aliphatic heterocycles. The van der Waals surface area contributed by atoms with E-state index in [0.29, 0.717) is 13.1 Å². The number of hydrogen-bond acceptors (Lipinski definition) is 6. The molecule has 3 heterocycles. The number of aromatic nitrogens is 1. The lowest BCUT2D eigenvalue weighted by Crippen LogP contribution is -2.46. The van der Waals surface area contributed by atoms with Crippen LogP contribution in [-0.4, -0.2) is 77.9 Å². The number of hydroxylamine groups is 2. The van der Waals surface area contributed by atoms with E-state index in [2.05, 4.69) is 23.4 Å². The van der Waals surface area contributed by atoms with Crippen LogP contribution in [0.25, 0.3) is 0 Å². The molecule has 1 aromatic rings. The van der Waals surface area contributed by atoms with Crippen LogP contribution >= 0.6 is 0 Å². The molecular weight excluding hydrogens is 356 g/mol. The maximum atomic E-state index is 9.75. The molecular formula is C21H32N4O3. The molecule has 3 atom stereocenters. The Morgan fingerprint density at radius 3 is 3.00 bits per heavy atom. The van der Waals surface area contributed by atoms with E-state index in [1.165, 1.54) is 0 Å². The first-order valence-electron chi connectivity index (χ1n) is 9.95. The summed E-state index contributed by atoms with van der Waals surface area (Å²) in [7, 11) is 1.68. The van der Waals surface area contributed by atoms with Gasteiger partial charge < -0.3 is 9.84 Å². The molecule has 0 bridgehead atoms. The van der Waals surface area contributed by atoms with Crippen molar-refractivity contribution in [3.8, 4) is 5.88 Å². The van der Waals surface area contributed by atoms with Crippen molar-refractivity contribution in [2.24, 2.45) is 4.99 Å². The third-order valence-electron chi connectivity index (χ3n) is 5.64. The molecule has 0 aromatic carbocycles. The zero-order chi connectivity index (χ0) is 20.1. The summed E-state index contributed by atoms with van der Waals surface area (Å²) in [6.07, 6.45) is 4.06. The SMILES string of the molecule is C=CC(C)/N=C(/CN1CCC(C)(c2cccc(O)n2)C1)N(C[C@@H]1CCO1)OC. The lowest BCUT2D eigenvalue weighted by molar-refractivity contribution is -0.134. The highest BCUT2D eigenvalue weighted by atomic mass is 16.7. The van der Waals surface area contributed by atoms with Crippen molar-refractivity contribution >= 4 is 5.84 Å². The number of amidine groups is 1. The summed E-state index contributed by atoms with van der Waals surface area (Å²) >= 11 is 0. The highest BCUT2D eigenvalue weighted by molar-refractivity contribution is 5.83. The Morgan fingerprint density at radius 2 is 2.39 bits per heavy atom. The van der Waals surface area contributed by atoms with Gasteiger partial charge in [0.25, 0.3) is 0 Å². The molecule has 0 spiro atoms. The van der Waals surface area contributed by atoms with Gasteiger partial charge in [-0.1, -0.05) is 19.1 Å². The van der Waals surface area contributed by atoms with Crippen LogP contribution in [-0.2, 0) is 15.0 Å². The number of rotatable bonds is 8. The number of likely N-dealkylation sites (tertiary alicyclic amines) is 1. The van der Waals surface area contributed by atoms with Crippen LogP contribution < -0.4 is 0 Å². The third kappa shape index (κ3) is 4.90. The summed E-state index contributed by atoms with van der Waals surface area (Å²) < 4.78 is 5.57. The van der Waals surface area contributed by atoms with Gasteiger partial charge in [-0.2, -0.15) is 0 Å². The molecule has 3 rings (SSSR count). The van der Waals surface area contributed by atoms with Gasteiger partial charge in [0.15, 0.2) is 0 Å². The number of aliphatic imine (C=N–C) groups is 1. The maximum absolute atomic E-state index is 9.75. The molecule has 7 nitrogen and oxygen atoms in total.